The largest absolute Gasteiger partial charge is 0.450 e. The number of rotatable bonds is 4. The molecule has 0 aliphatic rings. The van der Waals surface area contributed by atoms with Crippen molar-refractivity contribution in [2.24, 2.45) is 0 Å². The Balaban J connectivity index is 2.70. The predicted molar refractivity (Wildman–Crippen MR) is 60.8 cm³/mol. The molecule has 0 unspecified atom stereocenters. The minimum absolute atomic E-state index is 0.119. The van der Waals surface area contributed by atoms with Crippen LogP contribution in [0.4, 0.5) is 18.0 Å². The second-order valence-electron chi connectivity index (χ2n) is 3.58. The molecule has 1 N–H and O–H groups in total. The van der Waals surface area contributed by atoms with E-state index in [9.17, 15) is 22.8 Å². The molecular formula is C12H12F3NO3. The zero-order valence-electron chi connectivity index (χ0n) is 10.1. The van der Waals surface area contributed by atoms with Crippen molar-refractivity contribution < 1.29 is 27.5 Å². The van der Waals surface area contributed by atoms with Crippen molar-refractivity contribution in [3.8, 4) is 0 Å². The van der Waals surface area contributed by atoms with E-state index < -0.39 is 30.2 Å². The Morgan fingerprint density at radius 1 is 1.32 bits per heavy atom. The third kappa shape index (κ3) is 4.61. The van der Waals surface area contributed by atoms with Crippen LogP contribution in [0.5, 0.6) is 0 Å². The summed E-state index contributed by atoms with van der Waals surface area (Å²) in [5.41, 5.74) is -1.03. The maximum Gasteiger partial charge on any atom is 0.416 e. The van der Waals surface area contributed by atoms with E-state index in [1.807, 2.05) is 0 Å². The SMILES string of the molecule is CCOC(=O)NCC(=O)c1cccc(C(F)(F)F)c1. The van der Waals surface area contributed by atoms with Crippen molar-refractivity contribution in [2.75, 3.05) is 13.2 Å². The van der Waals surface area contributed by atoms with Gasteiger partial charge in [-0.15, -0.1) is 0 Å². The highest BCUT2D eigenvalue weighted by Crippen LogP contribution is 2.29. The van der Waals surface area contributed by atoms with Gasteiger partial charge in [0.1, 0.15) is 0 Å². The van der Waals surface area contributed by atoms with E-state index in [2.05, 4.69) is 10.1 Å². The Morgan fingerprint density at radius 3 is 2.58 bits per heavy atom. The summed E-state index contributed by atoms with van der Waals surface area (Å²) in [6.07, 6.45) is -5.30. The number of amides is 1. The molecule has 0 aliphatic carbocycles. The average Bonchev–Trinajstić information content (AvgIpc) is 2.35. The lowest BCUT2D eigenvalue weighted by Crippen LogP contribution is -2.30. The van der Waals surface area contributed by atoms with Crippen molar-refractivity contribution in [2.45, 2.75) is 13.1 Å². The van der Waals surface area contributed by atoms with Crippen molar-refractivity contribution in [3.63, 3.8) is 0 Å². The smallest absolute Gasteiger partial charge is 0.416 e. The monoisotopic (exact) mass is 275 g/mol. The van der Waals surface area contributed by atoms with E-state index in [0.29, 0.717) is 0 Å². The molecule has 19 heavy (non-hydrogen) atoms. The first-order valence-electron chi connectivity index (χ1n) is 5.45. The fourth-order valence-electron chi connectivity index (χ4n) is 1.31. The molecule has 0 heterocycles. The minimum Gasteiger partial charge on any atom is -0.450 e. The first-order valence-corrected chi connectivity index (χ1v) is 5.45. The molecule has 0 aromatic heterocycles. The molecule has 0 aliphatic heterocycles. The number of benzene rings is 1. The Bertz CT molecular complexity index is 472. The number of ether oxygens (including phenoxy) is 1. The summed E-state index contributed by atoms with van der Waals surface area (Å²) in [4.78, 5) is 22.5. The maximum atomic E-state index is 12.4. The average molecular weight is 275 g/mol. The Kier molecular flexibility index (Phi) is 4.91. The van der Waals surface area contributed by atoms with E-state index in [-0.39, 0.29) is 12.2 Å². The molecule has 104 valence electrons. The van der Waals surface area contributed by atoms with Gasteiger partial charge in [0.05, 0.1) is 18.7 Å². The van der Waals surface area contributed by atoms with Crippen LogP contribution in [0.3, 0.4) is 0 Å². The first-order chi connectivity index (χ1) is 8.84. The standard InChI is InChI=1S/C12H12F3NO3/c1-2-19-11(18)16-7-10(17)8-4-3-5-9(6-8)12(13,14)15/h3-6H,2,7H2,1H3,(H,16,18). The molecule has 0 bridgehead atoms. The number of hydrogen-bond acceptors (Lipinski definition) is 3. The summed E-state index contributed by atoms with van der Waals surface area (Å²) in [6, 6.07) is 4.01. The lowest BCUT2D eigenvalue weighted by atomic mass is 10.1. The Morgan fingerprint density at radius 2 is 2.00 bits per heavy atom. The normalized spacial score (nSPS) is 10.9. The van der Waals surface area contributed by atoms with E-state index in [1.165, 1.54) is 6.07 Å². The minimum atomic E-state index is -4.51. The number of halogens is 3. The van der Waals surface area contributed by atoms with Gasteiger partial charge in [-0.2, -0.15) is 13.2 Å². The number of Topliss-reactive ketones (excluding diaryl/α,β-unsaturated/α-hetero) is 1. The number of ketones is 1. The molecule has 1 rings (SSSR count). The summed E-state index contributed by atoms with van der Waals surface area (Å²) < 4.78 is 41.9. The van der Waals surface area contributed by atoms with Gasteiger partial charge in [-0.1, -0.05) is 12.1 Å². The van der Waals surface area contributed by atoms with Crippen LogP contribution in [0.2, 0.25) is 0 Å². The zero-order chi connectivity index (χ0) is 14.5. The number of hydrogen-bond donors (Lipinski definition) is 1. The molecule has 1 amide bonds. The highest BCUT2D eigenvalue weighted by atomic mass is 19.4. The van der Waals surface area contributed by atoms with Crippen molar-refractivity contribution in [1.82, 2.24) is 5.32 Å². The molecule has 0 fully saturated rings. The Labute approximate surface area is 107 Å². The summed E-state index contributed by atoms with van der Waals surface area (Å²) in [5.74, 6) is -0.626. The second-order valence-corrected chi connectivity index (χ2v) is 3.58. The third-order valence-electron chi connectivity index (χ3n) is 2.18. The highest BCUT2D eigenvalue weighted by Gasteiger charge is 2.30. The van der Waals surface area contributed by atoms with Crippen LogP contribution in [-0.2, 0) is 10.9 Å². The van der Waals surface area contributed by atoms with Gasteiger partial charge in [0.2, 0.25) is 0 Å². The van der Waals surface area contributed by atoms with E-state index in [1.54, 1.807) is 6.92 Å². The second kappa shape index (κ2) is 6.21. The van der Waals surface area contributed by atoms with Crippen LogP contribution >= 0.6 is 0 Å². The predicted octanol–water partition coefficient (Wildman–Crippen LogP) is 2.63. The molecule has 1 aromatic carbocycles. The third-order valence-corrected chi connectivity index (χ3v) is 2.18. The molecule has 0 spiro atoms. The van der Waals surface area contributed by atoms with Crippen LogP contribution in [0.15, 0.2) is 24.3 Å². The molecular weight excluding hydrogens is 263 g/mol. The summed E-state index contributed by atoms with van der Waals surface area (Å²) in [5, 5.41) is 2.15. The maximum absolute atomic E-state index is 12.4. The van der Waals surface area contributed by atoms with Gasteiger partial charge in [-0.05, 0) is 19.1 Å². The van der Waals surface area contributed by atoms with E-state index in [4.69, 9.17) is 0 Å². The topological polar surface area (TPSA) is 55.4 Å². The van der Waals surface area contributed by atoms with Gasteiger partial charge >= 0.3 is 12.3 Å². The fraction of sp³-hybridized carbons (Fsp3) is 0.333. The van der Waals surface area contributed by atoms with Crippen LogP contribution in [0.1, 0.15) is 22.8 Å². The number of alkyl carbamates (subject to hydrolysis) is 1. The lowest BCUT2D eigenvalue weighted by Gasteiger charge is -2.08. The van der Waals surface area contributed by atoms with Crippen molar-refractivity contribution in [3.05, 3.63) is 35.4 Å². The van der Waals surface area contributed by atoms with Gasteiger partial charge in [-0.3, -0.25) is 4.79 Å². The molecule has 4 nitrogen and oxygen atoms in total. The van der Waals surface area contributed by atoms with Crippen molar-refractivity contribution >= 4 is 11.9 Å². The highest BCUT2D eigenvalue weighted by molar-refractivity contribution is 5.99. The summed E-state index contributed by atoms with van der Waals surface area (Å²) in [6.45, 7) is 1.32. The van der Waals surface area contributed by atoms with Gasteiger partial charge in [-0.25, -0.2) is 4.79 Å². The number of carbonyl (C=O) groups excluding carboxylic acids is 2. The quantitative estimate of drug-likeness (QED) is 0.859. The van der Waals surface area contributed by atoms with E-state index in [0.717, 1.165) is 18.2 Å². The molecule has 0 atom stereocenters. The Hall–Kier alpha value is -2.05. The number of carbonyl (C=O) groups is 2. The first kappa shape index (κ1) is 15.0. The lowest BCUT2D eigenvalue weighted by molar-refractivity contribution is -0.137. The van der Waals surface area contributed by atoms with Gasteiger partial charge in [0, 0.05) is 5.56 Å². The van der Waals surface area contributed by atoms with Gasteiger partial charge in [0.15, 0.2) is 5.78 Å². The van der Waals surface area contributed by atoms with E-state index >= 15 is 0 Å². The number of alkyl halides is 3. The summed E-state index contributed by atoms with van der Waals surface area (Å²) >= 11 is 0. The van der Waals surface area contributed by atoms with Gasteiger partial charge < -0.3 is 10.1 Å². The number of nitrogens with one attached hydrogen (secondary N) is 1. The zero-order valence-corrected chi connectivity index (χ0v) is 10.1. The van der Waals surface area contributed by atoms with Crippen LogP contribution in [0.25, 0.3) is 0 Å². The molecule has 1 aromatic rings. The molecule has 7 heteroatoms. The molecule has 0 radical (unpaired) electrons. The van der Waals surface area contributed by atoms with Crippen LogP contribution < -0.4 is 5.32 Å². The molecule has 0 saturated heterocycles. The van der Waals surface area contributed by atoms with Crippen LogP contribution in [0, 0.1) is 0 Å². The molecule has 0 saturated carbocycles. The summed E-state index contributed by atoms with van der Waals surface area (Å²) in [7, 11) is 0. The fourth-order valence-corrected chi connectivity index (χ4v) is 1.31. The van der Waals surface area contributed by atoms with Gasteiger partial charge in [0.25, 0.3) is 0 Å². The van der Waals surface area contributed by atoms with Crippen LogP contribution in [-0.4, -0.2) is 25.0 Å². The van der Waals surface area contributed by atoms with Crippen molar-refractivity contribution in [1.29, 1.82) is 0 Å².